The van der Waals surface area contributed by atoms with Gasteiger partial charge in [-0.1, -0.05) is 12.8 Å². The van der Waals surface area contributed by atoms with Crippen LogP contribution in [-0.4, -0.2) is 54.3 Å². The van der Waals surface area contributed by atoms with Gasteiger partial charge in [0.05, 0.1) is 0 Å². The van der Waals surface area contributed by atoms with Crippen LogP contribution in [0.2, 0.25) is 0 Å². The molecule has 25 heavy (non-hydrogen) atoms. The van der Waals surface area contributed by atoms with Crippen molar-refractivity contribution in [2.45, 2.75) is 44.3 Å². The summed E-state index contributed by atoms with van der Waals surface area (Å²) in [6, 6.07) is 2.15. The largest absolute Gasteiger partial charge is 0.338 e. The summed E-state index contributed by atoms with van der Waals surface area (Å²) >= 11 is 0. The van der Waals surface area contributed by atoms with E-state index in [1.165, 1.54) is 37.8 Å². The Balaban J connectivity index is 1.33. The number of likely N-dealkylation sites (tertiary alicyclic amines) is 1. The molecule has 1 saturated heterocycles. The summed E-state index contributed by atoms with van der Waals surface area (Å²) in [5, 5.41) is 17.8. The Morgan fingerprint density at radius 1 is 1.28 bits per heavy atom. The summed E-state index contributed by atoms with van der Waals surface area (Å²) in [7, 11) is 2.02. The highest BCUT2D eigenvalue weighted by Gasteiger charge is 2.28. The Morgan fingerprint density at radius 2 is 2.16 bits per heavy atom. The lowest BCUT2D eigenvalue weighted by Gasteiger charge is -2.29. The Kier molecular flexibility index (Phi) is 5.03. The van der Waals surface area contributed by atoms with Gasteiger partial charge >= 0.3 is 0 Å². The number of aliphatic imine (C=N–C) groups is 1. The molecular formula is C18H29N7. The van der Waals surface area contributed by atoms with Crippen LogP contribution in [0.4, 0.5) is 5.82 Å². The lowest BCUT2D eigenvalue weighted by Crippen LogP contribution is -2.45. The van der Waals surface area contributed by atoms with Crippen LogP contribution in [0.3, 0.4) is 0 Å². The normalized spacial score (nSPS) is 27.5. The first-order chi connectivity index (χ1) is 12.3. The number of nitrogens with zero attached hydrogens (tertiary/aromatic N) is 3. The number of nitrogens with one attached hydrogen (secondary N) is 4. The number of hydrogen-bond acceptors (Lipinski definition) is 6. The highest BCUT2D eigenvalue weighted by molar-refractivity contribution is 5.74. The molecule has 7 nitrogen and oxygen atoms in total. The van der Waals surface area contributed by atoms with E-state index in [1.54, 1.807) is 0 Å². The summed E-state index contributed by atoms with van der Waals surface area (Å²) in [5.41, 5.74) is 1.26. The van der Waals surface area contributed by atoms with Crippen molar-refractivity contribution in [2.24, 2.45) is 10.9 Å². The van der Waals surface area contributed by atoms with Gasteiger partial charge in [0.2, 0.25) is 0 Å². The predicted molar refractivity (Wildman–Crippen MR) is 101 cm³/mol. The van der Waals surface area contributed by atoms with Crippen molar-refractivity contribution in [3.05, 3.63) is 23.7 Å². The summed E-state index contributed by atoms with van der Waals surface area (Å²) in [6.45, 7) is 3.24. The molecule has 1 aromatic rings. The van der Waals surface area contributed by atoms with Gasteiger partial charge < -0.3 is 16.0 Å². The number of rotatable bonds is 6. The monoisotopic (exact) mass is 343 g/mol. The fourth-order valence-electron chi connectivity index (χ4n) is 4.21. The molecule has 136 valence electrons. The first-order valence-corrected chi connectivity index (χ1v) is 9.53. The first kappa shape index (κ1) is 16.6. The molecule has 3 aliphatic rings. The van der Waals surface area contributed by atoms with E-state index in [1.807, 2.05) is 19.3 Å². The lowest BCUT2D eigenvalue weighted by molar-refractivity contribution is 0.215. The average Bonchev–Trinajstić information content (AvgIpc) is 3.37. The maximum absolute atomic E-state index is 4.59. The van der Waals surface area contributed by atoms with Crippen LogP contribution in [0.25, 0.3) is 0 Å². The average molecular weight is 343 g/mol. The molecule has 1 aromatic heterocycles. The van der Waals surface area contributed by atoms with Crippen LogP contribution in [0.1, 0.15) is 43.7 Å². The number of H-pyrrole nitrogens is 1. The van der Waals surface area contributed by atoms with E-state index in [9.17, 15) is 0 Å². The summed E-state index contributed by atoms with van der Waals surface area (Å²) in [4.78, 5) is 7.00. The van der Waals surface area contributed by atoms with Crippen LogP contribution in [0.5, 0.6) is 0 Å². The van der Waals surface area contributed by atoms with Gasteiger partial charge in [0.25, 0.3) is 0 Å². The summed E-state index contributed by atoms with van der Waals surface area (Å²) < 4.78 is 0. The highest BCUT2D eigenvalue weighted by atomic mass is 15.4. The molecule has 0 spiro atoms. The molecule has 2 atom stereocenters. The molecule has 1 saturated carbocycles. The number of aromatic nitrogens is 2. The SMILES string of the molecule is CNC[C@@H]1CCN(C2N=CC=C(Nc3cc(C4CCCC4)[nH]n3)N2)C1. The molecule has 3 heterocycles. The van der Waals surface area contributed by atoms with E-state index < -0.39 is 0 Å². The predicted octanol–water partition coefficient (Wildman–Crippen LogP) is 1.82. The van der Waals surface area contributed by atoms with Crippen molar-refractivity contribution in [1.82, 2.24) is 25.7 Å². The van der Waals surface area contributed by atoms with Gasteiger partial charge in [0.1, 0.15) is 5.82 Å². The zero-order valence-electron chi connectivity index (χ0n) is 15.0. The maximum atomic E-state index is 4.59. The molecule has 2 aliphatic heterocycles. The highest BCUT2D eigenvalue weighted by Crippen LogP contribution is 2.33. The minimum Gasteiger partial charge on any atom is -0.338 e. The third kappa shape index (κ3) is 3.88. The van der Waals surface area contributed by atoms with Crippen molar-refractivity contribution >= 4 is 12.0 Å². The van der Waals surface area contributed by atoms with Crippen LogP contribution in [0, 0.1) is 5.92 Å². The fraction of sp³-hybridized carbons (Fsp3) is 0.667. The molecule has 4 N–H and O–H groups in total. The standard InChI is InChI=1S/C18H29N7/c1-19-11-13-7-9-25(12-13)18-20-8-6-16(22-18)21-17-10-15(23-24-17)14-4-2-3-5-14/h6,8,10,13-14,18-19,22H,2-5,7,9,11-12H2,1H3,(H2,21,23,24)/t13-,18?/m0/s1. The molecule has 4 rings (SSSR count). The van der Waals surface area contributed by atoms with E-state index >= 15 is 0 Å². The first-order valence-electron chi connectivity index (χ1n) is 9.53. The Labute approximate surface area is 149 Å². The zero-order valence-corrected chi connectivity index (χ0v) is 15.0. The fourth-order valence-corrected chi connectivity index (χ4v) is 4.21. The summed E-state index contributed by atoms with van der Waals surface area (Å²) in [6.07, 6.45) is 10.3. The van der Waals surface area contributed by atoms with Crippen molar-refractivity contribution in [3.63, 3.8) is 0 Å². The second kappa shape index (κ2) is 7.58. The number of aromatic amines is 1. The third-order valence-corrected chi connectivity index (χ3v) is 5.56. The van der Waals surface area contributed by atoms with Gasteiger partial charge in [0, 0.05) is 37.0 Å². The Bertz CT molecular complexity index is 629. The molecule has 0 bridgehead atoms. The minimum absolute atomic E-state index is 0.0163. The Morgan fingerprint density at radius 3 is 3.00 bits per heavy atom. The summed E-state index contributed by atoms with van der Waals surface area (Å²) in [5.74, 6) is 3.20. The van der Waals surface area contributed by atoms with Crippen LogP contribution >= 0.6 is 0 Å². The molecule has 1 aliphatic carbocycles. The topological polar surface area (TPSA) is 80.4 Å². The van der Waals surface area contributed by atoms with Gasteiger partial charge in [-0.15, -0.1) is 0 Å². The smallest absolute Gasteiger partial charge is 0.177 e. The molecule has 1 unspecified atom stereocenters. The number of allylic oxidation sites excluding steroid dienone is 1. The van der Waals surface area contributed by atoms with Gasteiger partial charge in [-0.25, -0.2) is 0 Å². The van der Waals surface area contributed by atoms with Crippen LogP contribution in [-0.2, 0) is 0 Å². The Hall–Kier alpha value is -1.86. The number of anilines is 1. The van der Waals surface area contributed by atoms with Crippen molar-refractivity contribution < 1.29 is 0 Å². The van der Waals surface area contributed by atoms with Crippen molar-refractivity contribution in [2.75, 3.05) is 32.0 Å². The van der Waals surface area contributed by atoms with Crippen LogP contribution < -0.4 is 16.0 Å². The molecule has 2 fully saturated rings. The molecule has 0 radical (unpaired) electrons. The van der Waals surface area contributed by atoms with E-state index in [0.717, 1.165) is 31.3 Å². The molecule has 0 aromatic carbocycles. The van der Waals surface area contributed by atoms with Gasteiger partial charge in [-0.3, -0.25) is 15.0 Å². The number of hydrogen-bond donors (Lipinski definition) is 4. The minimum atomic E-state index is 0.0163. The third-order valence-electron chi connectivity index (χ3n) is 5.56. The van der Waals surface area contributed by atoms with E-state index in [-0.39, 0.29) is 6.29 Å². The molecule has 7 heteroatoms. The molecule has 0 amide bonds. The van der Waals surface area contributed by atoms with Crippen LogP contribution in [0.15, 0.2) is 23.0 Å². The van der Waals surface area contributed by atoms with E-state index in [0.29, 0.717) is 11.8 Å². The lowest BCUT2D eigenvalue weighted by atomic mass is 10.0. The zero-order chi connectivity index (χ0) is 17.1. The van der Waals surface area contributed by atoms with Gasteiger partial charge in [-0.05, 0) is 44.8 Å². The molecular weight excluding hydrogens is 314 g/mol. The second-order valence-electron chi connectivity index (χ2n) is 7.42. The van der Waals surface area contributed by atoms with E-state index in [2.05, 4.69) is 42.1 Å². The second-order valence-corrected chi connectivity index (χ2v) is 7.42. The van der Waals surface area contributed by atoms with Crippen molar-refractivity contribution in [1.29, 1.82) is 0 Å². The van der Waals surface area contributed by atoms with Gasteiger partial charge in [-0.2, -0.15) is 5.10 Å². The van der Waals surface area contributed by atoms with E-state index in [4.69, 9.17) is 0 Å². The van der Waals surface area contributed by atoms with Crippen molar-refractivity contribution in [3.8, 4) is 0 Å². The maximum Gasteiger partial charge on any atom is 0.177 e. The quantitative estimate of drug-likeness (QED) is 0.634. The van der Waals surface area contributed by atoms with Gasteiger partial charge in [0.15, 0.2) is 12.1 Å².